The molecule has 27 heavy (non-hydrogen) atoms. The molecule has 10 heteroatoms. The Morgan fingerprint density at radius 3 is 2.63 bits per heavy atom. The molecule has 0 fully saturated rings. The lowest BCUT2D eigenvalue weighted by Gasteiger charge is -2.20. The smallest absolute Gasteiger partial charge is 0.310 e. The zero-order chi connectivity index (χ0) is 19.4. The number of nitrogens with zero attached hydrogens (tertiary/aromatic N) is 2. The van der Waals surface area contributed by atoms with Crippen molar-refractivity contribution in [3.05, 3.63) is 73.3 Å². The molecule has 1 heterocycles. The van der Waals surface area contributed by atoms with Crippen LogP contribution < -0.4 is 4.74 Å². The van der Waals surface area contributed by atoms with Crippen LogP contribution in [-0.2, 0) is 33.9 Å². The summed E-state index contributed by atoms with van der Waals surface area (Å²) in [6, 6.07) is 8.46. The molecule has 0 radical (unpaired) electrons. The number of hydrogen-bond acceptors (Lipinski definition) is 8. The number of esters is 1. The van der Waals surface area contributed by atoms with Crippen molar-refractivity contribution in [1.29, 1.82) is 0 Å². The van der Waals surface area contributed by atoms with E-state index in [-0.39, 0.29) is 43.4 Å². The van der Waals surface area contributed by atoms with Crippen LogP contribution in [0.15, 0.2) is 36.4 Å². The van der Waals surface area contributed by atoms with Gasteiger partial charge in [-0.05, 0) is 0 Å². The van der Waals surface area contributed by atoms with Crippen molar-refractivity contribution in [2.24, 2.45) is 0 Å². The number of hydrogen-bond donors (Lipinski definition) is 0. The topological polar surface area (TPSA) is 131 Å². The van der Waals surface area contributed by atoms with Gasteiger partial charge in [-0.25, -0.2) is 0 Å². The maximum atomic E-state index is 12.1. The molecule has 0 saturated heterocycles. The summed E-state index contributed by atoms with van der Waals surface area (Å²) < 4.78 is 15.6. The first kappa shape index (κ1) is 18.3. The Hall–Kier alpha value is -3.53. The molecule has 0 N–H and O–H groups in total. The van der Waals surface area contributed by atoms with Gasteiger partial charge < -0.3 is 14.2 Å². The molecule has 2 aromatic carbocycles. The van der Waals surface area contributed by atoms with Crippen molar-refractivity contribution < 1.29 is 28.9 Å². The number of rotatable bonds is 6. The second-order valence-corrected chi connectivity index (χ2v) is 5.68. The van der Waals surface area contributed by atoms with Gasteiger partial charge in [0.25, 0.3) is 11.4 Å². The SMILES string of the molecule is O=C(Cc1ccccc1[N+](=O)[O-])OCc1cc([N+](=O)[O-])cc2c1OCOC2. The zero-order valence-electron chi connectivity index (χ0n) is 14.0. The number of non-ortho nitro benzene ring substituents is 1. The number of carbonyl (C=O) groups is 1. The molecule has 0 spiro atoms. The number of nitro groups is 2. The summed E-state index contributed by atoms with van der Waals surface area (Å²) in [4.78, 5) is 33.0. The average molecular weight is 374 g/mol. The highest BCUT2D eigenvalue weighted by Gasteiger charge is 2.22. The molecule has 1 aliphatic rings. The maximum Gasteiger partial charge on any atom is 0.310 e. The minimum Gasteiger partial charge on any atom is -0.467 e. The predicted octanol–water partition coefficient (Wildman–Crippen LogP) is 2.66. The van der Waals surface area contributed by atoms with Crippen LogP contribution in [0, 0.1) is 20.2 Å². The minimum absolute atomic E-state index is 0.0119. The summed E-state index contributed by atoms with van der Waals surface area (Å²) >= 11 is 0. The first-order chi connectivity index (χ1) is 13.0. The largest absolute Gasteiger partial charge is 0.467 e. The molecule has 0 unspecified atom stereocenters. The lowest BCUT2D eigenvalue weighted by atomic mass is 10.1. The van der Waals surface area contributed by atoms with E-state index in [1.165, 1.54) is 30.3 Å². The second-order valence-electron chi connectivity index (χ2n) is 5.68. The summed E-state index contributed by atoms with van der Waals surface area (Å²) in [6.07, 6.45) is -0.293. The van der Waals surface area contributed by atoms with E-state index < -0.39 is 15.8 Å². The number of fused-ring (bicyclic) bond motifs is 1. The van der Waals surface area contributed by atoms with Gasteiger partial charge in [0.2, 0.25) is 0 Å². The molecular formula is C17H14N2O8. The van der Waals surface area contributed by atoms with Gasteiger partial charge in [0, 0.05) is 34.9 Å². The van der Waals surface area contributed by atoms with Gasteiger partial charge in [-0.3, -0.25) is 25.0 Å². The molecule has 2 aromatic rings. The predicted molar refractivity (Wildman–Crippen MR) is 90.0 cm³/mol. The molecule has 10 nitrogen and oxygen atoms in total. The van der Waals surface area contributed by atoms with Gasteiger partial charge in [0.05, 0.1) is 22.9 Å². The normalized spacial score (nSPS) is 12.6. The second kappa shape index (κ2) is 7.79. The molecule has 0 atom stereocenters. The summed E-state index contributed by atoms with van der Waals surface area (Å²) in [6.45, 7) is -0.125. The zero-order valence-corrected chi connectivity index (χ0v) is 14.0. The molecule has 3 rings (SSSR count). The van der Waals surface area contributed by atoms with Crippen LogP contribution in [-0.4, -0.2) is 22.6 Å². The quantitative estimate of drug-likeness (QED) is 0.428. The lowest BCUT2D eigenvalue weighted by molar-refractivity contribution is -0.385. The number of para-hydroxylation sites is 1. The van der Waals surface area contributed by atoms with E-state index in [2.05, 4.69) is 0 Å². The van der Waals surface area contributed by atoms with Crippen molar-refractivity contribution >= 4 is 17.3 Å². The van der Waals surface area contributed by atoms with E-state index >= 15 is 0 Å². The monoisotopic (exact) mass is 374 g/mol. The maximum absolute atomic E-state index is 12.1. The van der Waals surface area contributed by atoms with E-state index in [4.69, 9.17) is 14.2 Å². The van der Waals surface area contributed by atoms with Gasteiger partial charge in [-0.15, -0.1) is 0 Å². The van der Waals surface area contributed by atoms with Crippen LogP contribution >= 0.6 is 0 Å². The van der Waals surface area contributed by atoms with E-state index in [0.29, 0.717) is 16.9 Å². The van der Waals surface area contributed by atoms with Crippen LogP contribution in [0.2, 0.25) is 0 Å². The van der Waals surface area contributed by atoms with Crippen molar-refractivity contribution in [3.8, 4) is 5.75 Å². The summed E-state index contributed by atoms with van der Waals surface area (Å²) in [5.74, 6) is -0.318. The summed E-state index contributed by atoms with van der Waals surface area (Å²) in [5, 5.41) is 22.1. The Morgan fingerprint density at radius 2 is 1.89 bits per heavy atom. The van der Waals surface area contributed by atoms with Crippen LogP contribution in [0.5, 0.6) is 5.75 Å². The van der Waals surface area contributed by atoms with Gasteiger partial charge in [0.15, 0.2) is 6.79 Å². The van der Waals surface area contributed by atoms with Crippen molar-refractivity contribution in [2.45, 2.75) is 19.6 Å². The first-order valence-electron chi connectivity index (χ1n) is 7.84. The minimum atomic E-state index is -0.698. The summed E-state index contributed by atoms with van der Waals surface area (Å²) in [7, 11) is 0. The van der Waals surface area contributed by atoms with Crippen LogP contribution in [0.25, 0.3) is 0 Å². The Balaban J connectivity index is 1.75. The lowest BCUT2D eigenvalue weighted by Crippen LogP contribution is -2.15. The Morgan fingerprint density at radius 1 is 1.11 bits per heavy atom. The van der Waals surface area contributed by atoms with E-state index in [1.807, 2.05) is 0 Å². The van der Waals surface area contributed by atoms with E-state index in [1.54, 1.807) is 6.07 Å². The molecule has 0 amide bonds. The summed E-state index contributed by atoms with van der Waals surface area (Å²) in [5.41, 5.74) is 0.687. The Labute approximate surface area is 152 Å². The van der Waals surface area contributed by atoms with Crippen LogP contribution in [0.3, 0.4) is 0 Å². The third kappa shape index (κ3) is 4.18. The molecular weight excluding hydrogens is 360 g/mol. The first-order valence-corrected chi connectivity index (χ1v) is 7.84. The van der Waals surface area contributed by atoms with Crippen molar-refractivity contribution in [1.82, 2.24) is 0 Å². The third-order valence-electron chi connectivity index (χ3n) is 3.89. The number of carbonyl (C=O) groups excluding carboxylic acids is 1. The number of nitro benzene ring substituents is 2. The van der Waals surface area contributed by atoms with Crippen LogP contribution in [0.1, 0.15) is 16.7 Å². The van der Waals surface area contributed by atoms with Gasteiger partial charge in [-0.1, -0.05) is 18.2 Å². The highest BCUT2D eigenvalue weighted by atomic mass is 16.7. The van der Waals surface area contributed by atoms with Gasteiger partial charge in [-0.2, -0.15) is 0 Å². The third-order valence-corrected chi connectivity index (χ3v) is 3.89. The van der Waals surface area contributed by atoms with E-state index in [9.17, 15) is 25.0 Å². The van der Waals surface area contributed by atoms with Gasteiger partial charge >= 0.3 is 5.97 Å². The van der Waals surface area contributed by atoms with E-state index in [0.717, 1.165) is 0 Å². The molecule has 0 aromatic heterocycles. The number of benzene rings is 2. The fourth-order valence-electron chi connectivity index (χ4n) is 2.70. The fraction of sp³-hybridized carbons (Fsp3) is 0.235. The highest BCUT2D eigenvalue weighted by Crippen LogP contribution is 2.33. The van der Waals surface area contributed by atoms with Crippen molar-refractivity contribution in [3.63, 3.8) is 0 Å². The fourth-order valence-corrected chi connectivity index (χ4v) is 2.70. The molecule has 0 bridgehead atoms. The molecule has 0 saturated carbocycles. The highest BCUT2D eigenvalue weighted by molar-refractivity contribution is 5.74. The average Bonchev–Trinajstić information content (AvgIpc) is 2.66. The van der Waals surface area contributed by atoms with Crippen molar-refractivity contribution in [2.75, 3.05) is 6.79 Å². The number of ether oxygens (including phenoxy) is 3. The Bertz CT molecular complexity index is 912. The molecule has 140 valence electrons. The van der Waals surface area contributed by atoms with Gasteiger partial charge in [0.1, 0.15) is 12.4 Å². The molecule has 0 aliphatic carbocycles. The van der Waals surface area contributed by atoms with Crippen LogP contribution in [0.4, 0.5) is 11.4 Å². The molecule has 1 aliphatic heterocycles. The Kier molecular flexibility index (Phi) is 5.27. The standard InChI is InChI=1S/C17H14N2O8/c20-16(7-11-3-1-2-4-15(11)19(23)24)26-9-13-6-14(18(21)22)5-12-8-25-10-27-17(12)13/h1-6H,7-10H2.